The summed E-state index contributed by atoms with van der Waals surface area (Å²) in [5.41, 5.74) is 8.27. The molecule has 2 N–H and O–H groups in total. The van der Waals surface area contributed by atoms with Crippen molar-refractivity contribution in [3.05, 3.63) is 125 Å². The second-order valence-corrected chi connectivity index (χ2v) is 10.9. The van der Waals surface area contributed by atoms with Crippen molar-refractivity contribution in [1.82, 2.24) is 0 Å². The lowest BCUT2D eigenvalue weighted by Crippen LogP contribution is -2.42. The molecule has 4 aromatic rings. The van der Waals surface area contributed by atoms with Crippen molar-refractivity contribution >= 4 is 5.69 Å². The number of ether oxygens (including phenoxy) is 4. The maximum Gasteiger partial charge on any atom is 0.226 e. The summed E-state index contributed by atoms with van der Waals surface area (Å²) in [6.07, 6.45) is -0.126. The van der Waals surface area contributed by atoms with Crippen LogP contribution in [0.15, 0.2) is 102 Å². The van der Waals surface area contributed by atoms with Crippen LogP contribution >= 0.6 is 0 Å². The summed E-state index contributed by atoms with van der Waals surface area (Å²) >= 11 is 0. The van der Waals surface area contributed by atoms with Gasteiger partial charge in [0.15, 0.2) is 5.79 Å². The summed E-state index contributed by atoms with van der Waals surface area (Å²) in [5.74, 6) is -0.807. The number of nitrogens with two attached hydrogens (primary N) is 1. The molecule has 7 heteroatoms. The zero-order chi connectivity index (χ0) is 28.0. The van der Waals surface area contributed by atoms with E-state index in [0.29, 0.717) is 5.56 Å². The fourth-order valence-corrected chi connectivity index (χ4v) is 6.22. The average molecular weight is 537 g/mol. The average Bonchev–Trinajstić information content (AvgIpc) is 3.55. The monoisotopic (exact) mass is 536 g/mol. The lowest BCUT2D eigenvalue weighted by atomic mass is 9.80. The predicted molar refractivity (Wildman–Crippen MR) is 149 cm³/mol. The third kappa shape index (κ3) is 4.21. The topological polar surface area (TPSA) is 99.9 Å². The molecule has 0 amide bonds. The number of hydrogen-bond acceptors (Lipinski definition) is 7. The number of fused-ring (bicyclic) bond motifs is 1. The second-order valence-electron chi connectivity index (χ2n) is 10.9. The van der Waals surface area contributed by atoms with E-state index in [1.165, 1.54) is 6.26 Å². The highest BCUT2D eigenvalue weighted by molar-refractivity contribution is 5.56. The highest BCUT2D eigenvalue weighted by Gasteiger charge is 2.64. The molecule has 0 saturated carbocycles. The third-order valence-corrected chi connectivity index (χ3v) is 7.86. The molecule has 2 saturated heterocycles. The van der Waals surface area contributed by atoms with E-state index in [0.717, 1.165) is 16.7 Å². The molecule has 6 rings (SSSR count). The Bertz CT molecular complexity index is 1420. The zero-order valence-electron chi connectivity index (χ0n) is 22.7. The molecule has 2 fully saturated rings. The van der Waals surface area contributed by atoms with Crippen LogP contribution in [0, 0.1) is 11.3 Å². The van der Waals surface area contributed by atoms with E-state index in [2.05, 4.69) is 36.4 Å². The van der Waals surface area contributed by atoms with Crippen molar-refractivity contribution in [2.24, 2.45) is 0 Å². The van der Waals surface area contributed by atoms with Crippen LogP contribution in [0.2, 0.25) is 0 Å². The molecule has 3 heterocycles. The van der Waals surface area contributed by atoms with Gasteiger partial charge in [0, 0.05) is 5.56 Å². The minimum atomic E-state index is -0.917. The van der Waals surface area contributed by atoms with Gasteiger partial charge >= 0.3 is 0 Å². The van der Waals surface area contributed by atoms with Crippen LogP contribution in [0.25, 0.3) is 0 Å². The fraction of sp³-hybridized carbons (Fsp3) is 0.303. The van der Waals surface area contributed by atoms with E-state index in [9.17, 15) is 5.26 Å². The molecule has 0 radical (unpaired) electrons. The molecule has 7 nitrogen and oxygen atoms in total. The van der Waals surface area contributed by atoms with E-state index in [1.54, 1.807) is 0 Å². The first kappa shape index (κ1) is 26.3. The van der Waals surface area contributed by atoms with Gasteiger partial charge in [0.05, 0.1) is 12.3 Å². The van der Waals surface area contributed by atoms with Crippen LogP contribution < -0.4 is 5.73 Å². The van der Waals surface area contributed by atoms with Gasteiger partial charge in [-0.1, -0.05) is 91.0 Å². The molecule has 2 aliphatic heterocycles. The maximum atomic E-state index is 9.42. The van der Waals surface area contributed by atoms with E-state index in [4.69, 9.17) is 29.1 Å². The molecule has 204 valence electrons. The van der Waals surface area contributed by atoms with Gasteiger partial charge in [-0.05, 0) is 37.5 Å². The number of nitriles is 1. The molecule has 0 aliphatic carbocycles. The van der Waals surface area contributed by atoms with Gasteiger partial charge in [-0.3, -0.25) is 0 Å². The molecule has 0 unspecified atom stereocenters. The molecule has 0 spiro atoms. The Balaban J connectivity index is 1.42. The largest absolute Gasteiger partial charge is 0.451 e. The van der Waals surface area contributed by atoms with E-state index in [-0.39, 0.29) is 18.1 Å². The van der Waals surface area contributed by atoms with Crippen molar-refractivity contribution in [2.45, 2.75) is 56.1 Å². The quantitative estimate of drug-likeness (QED) is 0.285. The van der Waals surface area contributed by atoms with Crippen molar-refractivity contribution in [3.63, 3.8) is 0 Å². The summed E-state index contributed by atoms with van der Waals surface area (Å²) < 4.78 is 32.0. The lowest BCUT2D eigenvalue weighted by molar-refractivity contribution is -0.210. The number of hydrogen-bond donors (Lipinski definition) is 1. The molecule has 2 aliphatic rings. The van der Waals surface area contributed by atoms with Gasteiger partial charge in [0.1, 0.15) is 41.8 Å². The highest BCUT2D eigenvalue weighted by atomic mass is 16.8. The molecule has 0 bridgehead atoms. The van der Waals surface area contributed by atoms with Gasteiger partial charge in [0.25, 0.3) is 0 Å². The zero-order valence-corrected chi connectivity index (χ0v) is 22.7. The normalized spacial score (nSPS) is 25.4. The van der Waals surface area contributed by atoms with Crippen LogP contribution in [0.1, 0.15) is 54.9 Å². The van der Waals surface area contributed by atoms with Crippen molar-refractivity contribution in [2.75, 3.05) is 12.3 Å². The summed E-state index contributed by atoms with van der Waals surface area (Å²) in [5, 5.41) is 9.42. The Kier molecular flexibility index (Phi) is 6.52. The Hall–Kier alpha value is -3.93. The smallest absolute Gasteiger partial charge is 0.226 e. The molecular formula is C33H32N2O5. The molecule has 1 aromatic heterocycles. The number of anilines is 1. The minimum absolute atomic E-state index is 0.0490. The Morgan fingerprint density at radius 2 is 1.40 bits per heavy atom. The molecule has 4 atom stereocenters. The van der Waals surface area contributed by atoms with Crippen LogP contribution in [0.5, 0.6) is 0 Å². The first-order valence-corrected chi connectivity index (χ1v) is 13.4. The van der Waals surface area contributed by atoms with Crippen LogP contribution in [-0.2, 0) is 24.5 Å². The van der Waals surface area contributed by atoms with Crippen molar-refractivity contribution in [1.29, 1.82) is 5.26 Å². The standard InChI is InChI=1S/C33H32N2O5/c1-31(2)39-30-27(38-29(32(30,3)40-31)25-20-36-26(19-34)28(25)35)21-37-33(22-13-7-4-8-14-22,23-15-9-5-10-16-23)24-17-11-6-12-18-24/h4-18,20,27,29-30H,21,35H2,1-3H3/t27-,29-,30-,32+/m1/s1. The van der Waals surface area contributed by atoms with Crippen LogP contribution in [0.3, 0.4) is 0 Å². The summed E-state index contributed by atoms with van der Waals surface area (Å²) in [6, 6.07) is 32.6. The van der Waals surface area contributed by atoms with Crippen molar-refractivity contribution in [3.8, 4) is 6.07 Å². The minimum Gasteiger partial charge on any atom is -0.451 e. The number of nitrogen functional groups attached to an aromatic ring is 1. The number of rotatable bonds is 7. The second kappa shape index (κ2) is 9.92. The van der Waals surface area contributed by atoms with E-state index in [1.807, 2.05) is 81.4 Å². The van der Waals surface area contributed by atoms with Gasteiger partial charge in [-0.25, -0.2) is 0 Å². The van der Waals surface area contributed by atoms with Crippen LogP contribution in [-0.4, -0.2) is 30.2 Å². The maximum absolute atomic E-state index is 9.42. The third-order valence-electron chi connectivity index (χ3n) is 7.86. The van der Waals surface area contributed by atoms with Gasteiger partial charge in [-0.2, -0.15) is 5.26 Å². The Labute approximate surface area is 234 Å². The Morgan fingerprint density at radius 1 is 0.875 bits per heavy atom. The number of nitrogens with zero attached hydrogens (tertiary/aromatic N) is 1. The summed E-state index contributed by atoms with van der Waals surface area (Å²) in [6.45, 7) is 5.91. The number of benzene rings is 3. The van der Waals surface area contributed by atoms with Gasteiger partial charge < -0.3 is 29.1 Å². The lowest BCUT2D eigenvalue weighted by Gasteiger charge is -2.37. The fourth-order valence-electron chi connectivity index (χ4n) is 6.22. The Morgan fingerprint density at radius 3 is 1.88 bits per heavy atom. The first-order valence-electron chi connectivity index (χ1n) is 13.4. The summed E-state index contributed by atoms with van der Waals surface area (Å²) in [7, 11) is 0. The molecule has 40 heavy (non-hydrogen) atoms. The van der Waals surface area contributed by atoms with Crippen LogP contribution in [0.4, 0.5) is 5.69 Å². The highest BCUT2D eigenvalue weighted by Crippen LogP contribution is 2.54. The molecular weight excluding hydrogens is 504 g/mol. The number of furan rings is 1. The van der Waals surface area contributed by atoms with Crippen molar-refractivity contribution < 1.29 is 23.4 Å². The predicted octanol–water partition coefficient (Wildman–Crippen LogP) is 6.09. The van der Waals surface area contributed by atoms with Gasteiger partial charge in [0.2, 0.25) is 5.76 Å². The van der Waals surface area contributed by atoms with E-state index >= 15 is 0 Å². The first-order chi connectivity index (χ1) is 19.3. The molecule has 3 aromatic carbocycles. The van der Waals surface area contributed by atoms with E-state index < -0.39 is 35.3 Å². The van der Waals surface area contributed by atoms with Gasteiger partial charge in [-0.15, -0.1) is 0 Å². The summed E-state index contributed by atoms with van der Waals surface area (Å²) in [4.78, 5) is 0. The SMILES string of the molecule is CC1(C)O[C@@H]2[C@@H](COC(c3ccccc3)(c3ccccc3)c3ccccc3)O[C@H](c3coc(C#N)c3N)[C@]2(C)O1.